The lowest BCUT2D eigenvalue weighted by molar-refractivity contribution is 0.234. The van der Waals surface area contributed by atoms with E-state index in [9.17, 15) is 0 Å². The fraction of sp³-hybridized carbons (Fsp3) is 1.00. The van der Waals surface area contributed by atoms with Gasteiger partial charge in [0, 0.05) is 12.1 Å². The van der Waals surface area contributed by atoms with Crippen molar-refractivity contribution >= 4 is 0 Å². The Morgan fingerprint density at radius 3 is 2.57 bits per heavy atom. The Morgan fingerprint density at radius 1 is 1.14 bits per heavy atom. The van der Waals surface area contributed by atoms with E-state index in [1.54, 1.807) is 0 Å². The van der Waals surface area contributed by atoms with Crippen molar-refractivity contribution < 1.29 is 0 Å². The van der Waals surface area contributed by atoms with Crippen molar-refractivity contribution in [1.29, 1.82) is 0 Å². The minimum Gasteiger partial charge on any atom is -0.314 e. The van der Waals surface area contributed by atoms with Crippen molar-refractivity contribution in [3.63, 3.8) is 0 Å². The maximum Gasteiger partial charge on any atom is 0.00922 e. The largest absolute Gasteiger partial charge is 0.314 e. The van der Waals surface area contributed by atoms with E-state index in [0.29, 0.717) is 0 Å². The molecular formula is C12H24N2. The van der Waals surface area contributed by atoms with Gasteiger partial charge in [-0.1, -0.05) is 12.8 Å². The summed E-state index contributed by atoms with van der Waals surface area (Å²) in [5, 5.41) is 3.58. The van der Waals surface area contributed by atoms with E-state index in [2.05, 4.69) is 17.3 Å². The third kappa shape index (κ3) is 2.71. The molecule has 0 aromatic heterocycles. The van der Waals surface area contributed by atoms with Crippen LogP contribution in [-0.4, -0.2) is 37.1 Å². The van der Waals surface area contributed by atoms with E-state index in [0.717, 1.165) is 12.1 Å². The first-order chi connectivity index (χ1) is 6.86. The molecule has 0 amide bonds. The monoisotopic (exact) mass is 196 g/mol. The molecule has 2 fully saturated rings. The summed E-state index contributed by atoms with van der Waals surface area (Å²) >= 11 is 0. The molecule has 1 heterocycles. The molecule has 1 aliphatic heterocycles. The van der Waals surface area contributed by atoms with Crippen molar-refractivity contribution in [2.45, 2.75) is 57.0 Å². The molecular weight excluding hydrogens is 172 g/mol. The van der Waals surface area contributed by atoms with Crippen LogP contribution in [0.5, 0.6) is 0 Å². The third-order valence-corrected chi connectivity index (χ3v) is 3.94. The van der Waals surface area contributed by atoms with Crippen molar-refractivity contribution in [2.75, 3.05) is 20.1 Å². The highest BCUT2D eigenvalue weighted by Gasteiger charge is 2.21. The lowest BCUT2D eigenvalue weighted by Crippen LogP contribution is -2.33. The fourth-order valence-corrected chi connectivity index (χ4v) is 2.89. The molecule has 1 saturated carbocycles. The van der Waals surface area contributed by atoms with Crippen LogP contribution >= 0.6 is 0 Å². The van der Waals surface area contributed by atoms with Gasteiger partial charge in [0.2, 0.25) is 0 Å². The summed E-state index contributed by atoms with van der Waals surface area (Å²) in [5.41, 5.74) is 0. The van der Waals surface area contributed by atoms with Gasteiger partial charge in [0.05, 0.1) is 0 Å². The molecule has 1 unspecified atom stereocenters. The van der Waals surface area contributed by atoms with Gasteiger partial charge in [0.1, 0.15) is 0 Å². The van der Waals surface area contributed by atoms with Crippen LogP contribution in [0.2, 0.25) is 0 Å². The van der Waals surface area contributed by atoms with Gasteiger partial charge >= 0.3 is 0 Å². The number of nitrogens with one attached hydrogen (secondary N) is 1. The zero-order chi connectivity index (χ0) is 9.80. The molecule has 82 valence electrons. The lowest BCUT2D eigenvalue weighted by atomic mass is 10.1. The van der Waals surface area contributed by atoms with E-state index in [1.807, 2.05) is 0 Å². The predicted molar refractivity (Wildman–Crippen MR) is 60.5 cm³/mol. The van der Waals surface area contributed by atoms with E-state index in [1.165, 1.54) is 58.0 Å². The molecule has 2 nitrogen and oxygen atoms in total. The number of hydrogen-bond acceptors (Lipinski definition) is 2. The first-order valence-corrected chi connectivity index (χ1v) is 6.30. The molecule has 0 radical (unpaired) electrons. The lowest BCUT2D eigenvalue weighted by Gasteiger charge is -2.25. The first-order valence-electron chi connectivity index (χ1n) is 6.30. The molecule has 1 saturated heterocycles. The number of nitrogens with zero attached hydrogens (tertiary/aromatic N) is 1. The summed E-state index contributed by atoms with van der Waals surface area (Å²) in [6.45, 7) is 2.54. The highest BCUT2D eigenvalue weighted by Crippen LogP contribution is 2.22. The van der Waals surface area contributed by atoms with Crippen LogP contribution < -0.4 is 5.32 Å². The summed E-state index contributed by atoms with van der Waals surface area (Å²) in [6, 6.07) is 1.72. The van der Waals surface area contributed by atoms with Crippen molar-refractivity contribution in [1.82, 2.24) is 10.2 Å². The van der Waals surface area contributed by atoms with E-state index in [4.69, 9.17) is 0 Å². The smallest absolute Gasteiger partial charge is 0.00922 e. The standard InChI is InChI=1S/C12H24N2/c1-14(12-6-2-3-7-12)10-8-11-5-4-9-13-11/h11-13H,2-10H2,1H3. The number of rotatable bonds is 4. The van der Waals surface area contributed by atoms with Crippen molar-refractivity contribution in [3.8, 4) is 0 Å². The molecule has 1 N–H and O–H groups in total. The van der Waals surface area contributed by atoms with Gasteiger partial charge in [0.15, 0.2) is 0 Å². The summed E-state index contributed by atoms with van der Waals surface area (Å²) in [6.07, 6.45) is 9.93. The minimum atomic E-state index is 0.818. The van der Waals surface area contributed by atoms with Crippen LogP contribution in [-0.2, 0) is 0 Å². The van der Waals surface area contributed by atoms with Gasteiger partial charge in [-0.15, -0.1) is 0 Å². The van der Waals surface area contributed by atoms with Gasteiger partial charge < -0.3 is 10.2 Å². The Kier molecular flexibility index (Phi) is 3.82. The molecule has 2 rings (SSSR count). The Hall–Kier alpha value is -0.0800. The van der Waals surface area contributed by atoms with Crippen LogP contribution in [0.25, 0.3) is 0 Å². The second kappa shape index (κ2) is 5.13. The first kappa shape index (κ1) is 10.4. The van der Waals surface area contributed by atoms with Crippen LogP contribution in [0.4, 0.5) is 0 Å². The summed E-state index contributed by atoms with van der Waals surface area (Å²) in [4.78, 5) is 2.59. The second-order valence-corrected chi connectivity index (χ2v) is 5.00. The quantitative estimate of drug-likeness (QED) is 0.740. The molecule has 2 heteroatoms. The molecule has 2 aliphatic rings. The van der Waals surface area contributed by atoms with Crippen LogP contribution in [0.1, 0.15) is 44.9 Å². The molecule has 0 aromatic carbocycles. The average Bonchev–Trinajstić information content (AvgIpc) is 2.87. The molecule has 0 aromatic rings. The van der Waals surface area contributed by atoms with Gasteiger partial charge in [-0.2, -0.15) is 0 Å². The van der Waals surface area contributed by atoms with Gasteiger partial charge in [-0.05, 0) is 52.2 Å². The normalized spacial score (nSPS) is 29.1. The second-order valence-electron chi connectivity index (χ2n) is 5.00. The highest BCUT2D eigenvalue weighted by molar-refractivity contribution is 4.79. The maximum absolute atomic E-state index is 3.58. The fourth-order valence-electron chi connectivity index (χ4n) is 2.89. The van der Waals surface area contributed by atoms with Crippen molar-refractivity contribution in [2.24, 2.45) is 0 Å². The predicted octanol–water partition coefficient (Wildman–Crippen LogP) is 2.00. The van der Waals surface area contributed by atoms with Crippen molar-refractivity contribution in [3.05, 3.63) is 0 Å². The third-order valence-electron chi connectivity index (χ3n) is 3.94. The Morgan fingerprint density at radius 2 is 1.93 bits per heavy atom. The summed E-state index contributed by atoms with van der Waals surface area (Å²) in [7, 11) is 2.31. The molecule has 0 spiro atoms. The van der Waals surface area contributed by atoms with Crippen LogP contribution in [0.3, 0.4) is 0 Å². The highest BCUT2D eigenvalue weighted by atomic mass is 15.1. The van der Waals surface area contributed by atoms with E-state index < -0.39 is 0 Å². The Balaban J connectivity index is 1.63. The SMILES string of the molecule is CN(CCC1CCCN1)C1CCCC1. The zero-order valence-electron chi connectivity index (χ0n) is 9.47. The van der Waals surface area contributed by atoms with Gasteiger partial charge in [-0.3, -0.25) is 0 Å². The van der Waals surface area contributed by atoms with Gasteiger partial charge in [0.25, 0.3) is 0 Å². The molecule has 14 heavy (non-hydrogen) atoms. The minimum absolute atomic E-state index is 0.818. The molecule has 0 bridgehead atoms. The zero-order valence-corrected chi connectivity index (χ0v) is 9.47. The summed E-state index contributed by atoms with van der Waals surface area (Å²) < 4.78 is 0. The maximum atomic E-state index is 3.58. The van der Waals surface area contributed by atoms with Gasteiger partial charge in [-0.25, -0.2) is 0 Å². The summed E-state index contributed by atoms with van der Waals surface area (Å²) in [5.74, 6) is 0. The number of hydrogen-bond donors (Lipinski definition) is 1. The Bertz CT molecular complexity index is 158. The van der Waals surface area contributed by atoms with Crippen LogP contribution in [0.15, 0.2) is 0 Å². The topological polar surface area (TPSA) is 15.3 Å². The molecule has 1 aliphatic carbocycles. The Labute approximate surface area is 88.1 Å². The van der Waals surface area contributed by atoms with E-state index in [-0.39, 0.29) is 0 Å². The van der Waals surface area contributed by atoms with E-state index >= 15 is 0 Å². The van der Waals surface area contributed by atoms with Crippen LogP contribution in [0, 0.1) is 0 Å². The average molecular weight is 196 g/mol. The molecule has 1 atom stereocenters.